The highest BCUT2D eigenvalue weighted by Gasteiger charge is 2.18. The van der Waals surface area contributed by atoms with Crippen LogP contribution in [0.3, 0.4) is 0 Å². The lowest BCUT2D eigenvalue weighted by Gasteiger charge is -2.08. The van der Waals surface area contributed by atoms with Crippen LogP contribution in [0, 0.1) is 0 Å². The van der Waals surface area contributed by atoms with Gasteiger partial charge < -0.3 is 18.9 Å². The molecule has 152 valence electrons. The highest BCUT2D eigenvalue weighted by molar-refractivity contribution is 6.04. The quantitative estimate of drug-likeness (QED) is 0.420. The molecule has 1 N–H and O–H groups in total. The Morgan fingerprint density at radius 1 is 0.839 bits per heavy atom. The molecule has 0 saturated heterocycles. The molecule has 0 unspecified atom stereocenters. The zero-order valence-electron chi connectivity index (χ0n) is 16.3. The van der Waals surface area contributed by atoms with Gasteiger partial charge in [-0.2, -0.15) is 0 Å². The number of amides is 1. The van der Waals surface area contributed by atoms with Crippen molar-refractivity contribution in [3.63, 3.8) is 0 Å². The van der Waals surface area contributed by atoms with Gasteiger partial charge in [0.1, 0.15) is 23.3 Å². The van der Waals surface area contributed by atoms with Gasteiger partial charge in [-0.1, -0.05) is 42.5 Å². The summed E-state index contributed by atoms with van der Waals surface area (Å²) in [6.07, 6.45) is 0. The molecule has 6 heteroatoms. The van der Waals surface area contributed by atoms with Crippen molar-refractivity contribution in [2.45, 2.75) is 6.61 Å². The lowest BCUT2D eigenvalue weighted by Crippen LogP contribution is -2.11. The van der Waals surface area contributed by atoms with Crippen molar-refractivity contribution < 1.29 is 18.4 Å². The SMILES string of the molecule is O=C(Nc1cccc(COc2ccccc2)c1)c1cc2c(=O)c3ccccc3oc2o1. The van der Waals surface area contributed by atoms with Crippen LogP contribution in [0.1, 0.15) is 16.1 Å². The van der Waals surface area contributed by atoms with E-state index in [0.717, 1.165) is 11.3 Å². The van der Waals surface area contributed by atoms with Gasteiger partial charge in [-0.05, 0) is 42.0 Å². The van der Waals surface area contributed by atoms with Gasteiger partial charge in [0.25, 0.3) is 5.91 Å². The number of benzene rings is 3. The average molecular weight is 411 g/mol. The van der Waals surface area contributed by atoms with Crippen LogP contribution < -0.4 is 15.5 Å². The average Bonchev–Trinajstić information content (AvgIpc) is 3.24. The Morgan fingerprint density at radius 2 is 1.65 bits per heavy atom. The Kier molecular flexibility index (Phi) is 4.72. The van der Waals surface area contributed by atoms with Crippen LogP contribution in [0.2, 0.25) is 0 Å². The minimum atomic E-state index is -0.476. The van der Waals surface area contributed by atoms with Crippen molar-refractivity contribution in [3.05, 3.63) is 106 Å². The monoisotopic (exact) mass is 411 g/mol. The number of para-hydroxylation sites is 2. The number of rotatable bonds is 5. The van der Waals surface area contributed by atoms with Crippen LogP contribution in [-0.4, -0.2) is 5.91 Å². The van der Waals surface area contributed by atoms with Gasteiger partial charge in [0.2, 0.25) is 5.43 Å². The Bertz CT molecular complexity index is 1450. The van der Waals surface area contributed by atoms with Crippen molar-refractivity contribution in [2.24, 2.45) is 0 Å². The third kappa shape index (κ3) is 3.79. The lowest BCUT2D eigenvalue weighted by molar-refractivity contribution is 0.0997. The fourth-order valence-electron chi connectivity index (χ4n) is 3.32. The Morgan fingerprint density at radius 3 is 2.52 bits per heavy atom. The minimum Gasteiger partial charge on any atom is -0.489 e. The molecule has 2 aromatic heterocycles. The van der Waals surface area contributed by atoms with Gasteiger partial charge in [0.05, 0.1) is 5.39 Å². The Labute approximate surface area is 176 Å². The van der Waals surface area contributed by atoms with E-state index in [9.17, 15) is 9.59 Å². The normalized spacial score (nSPS) is 11.0. The van der Waals surface area contributed by atoms with E-state index in [1.807, 2.05) is 48.5 Å². The highest BCUT2D eigenvalue weighted by atomic mass is 16.5. The molecular weight excluding hydrogens is 394 g/mol. The summed E-state index contributed by atoms with van der Waals surface area (Å²) in [4.78, 5) is 25.3. The standard InChI is InChI=1S/C25H17NO5/c27-23-19-11-4-5-12-21(19)30-25-20(23)14-22(31-25)24(28)26-17-8-6-7-16(13-17)15-29-18-9-2-1-3-10-18/h1-14H,15H2,(H,26,28). The third-order valence-corrected chi connectivity index (χ3v) is 4.83. The first-order chi connectivity index (χ1) is 15.2. The molecule has 0 spiro atoms. The molecule has 5 rings (SSSR count). The molecule has 0 aliphatic heterocycles. The van der Waals surface area contributed by atoms with Crippen molar-refractivity contribution in [1.82, 2.24) is 0 Å². The first kappa shape index (κ1) is 18.7. The van der Waals surface area contributed by atoms with Crippen LogP contribution in [0.4, 0.5) is 5.69 Å². The topological polar surface area (TPSA) is 81.7 Å². The van der Waals surface area contributed by atoms with Crippen molar-refractivity contribution >= 4 is 33.7 Å². The first-order valence-corrected chi connectivity index (χ1v) is 9.71. The molecule has 0 aliphatic rings. The molecule has 0 atom stereocenters. The number of nitrogens with one attached hydrogen (secondary N) is 1. The molecule has 0 bridgehead atoms. The van der Waals surface area contributed by atoms with Gasteiger partial charge in [-0.15, -0.1) is 0 Å². The summed E-state index contributed by atoms with van der Waals surface area (Å²) in [7, 11) is 0. The summed E-state index contributed by atoms with van der Waals surface area (Å²) in [5, 5.41) is 3.46. The van der Waals surface area contributed by atoms with Gasteiger partial charge in [-0.3, -0.25) is 9.59 Å². The van der Waals surface area contributed by atoms with E-state index in [4.69, 9.17) is 13.6 Å². The summed E-state index contributed by atoms with van der Waals surface area (Å²) < 4.78 is 16.9. The summed E-state index contributed by atoms with van der Waals surface area (Å²) in [6.45, 7) is 0.364. The number of carbonyl (C=O) groups excluding carboxylic acids is 1. The van der Waals surface area contributed by atoms with E-state index >= 15 is 0 Å². The van der Waals surface area contributed by atoms with Gasteiger partial charge in [0.15, 0.2) is 5.76 Å². The predicted octanol–water partition coefficient (Wildman–Crippen LogP) is 5.37. The maximum absolute atomic E-state index is 12.7. The molecule has 1 amide bonds. The maximum atomic E-state index is 12.7. The second-order valence-electron chi connectivity index (χ2n) is 7.00. The number of anilines is 1. The Balaban J connectivity index is 1.36. The molecule has 0 radical (unpaired) electrons. The molecule has 6 nitrogen and oxygen atoms in total. The van der Waals surface area contributed by atoms with Crippen LogP contribution in [0.15, 0.2) is 98.6 Å². The van der Waals surface area contributed by atoms with Crippen LogP contribution in [0.5, 0.6) is 5.75 Å². The number of hydrogen-bond donors (Lipinski definition) is 1. The van der Waals surface area contributed by atoms with Gasteiger partial charge >= 0.3 is 5.78 Å². The largest absolute Gasteiger partial charge is 0.489 e. The first-order valence-electron chi connectivity index (χ1n) is 9.71. The minimum absolute atomic E-state index is 0.00269. The zero-order valence-corrected chi connectivity index (χ0v) is 16.3. The van der Waals surface area contributed by atoms with E-state index in [1.165, 1.54) is 6.07 Å². The second kappa shape index (κ2) is 7.84. The maximum Gasteiger partial charge on any atom is 0.302 e. The summed E-state index contributed by atoms with van der Waals surface area (Å²) in [6, 6.07) is 25.1. The van der Waals surface area contributed by atoms with E-state index in [2.05, 4.69) is 5.32 Å². The highest BCUT2D eigenvalue weighted by Crippen LogP contribution is 2.23. The van der Waals surface area contributed by atoms with Crippen molar-refractivity contribution in [3.8, 4) is 5.75 Å². The van der Waals surface area contributed by atoms with Crippen molar-refractivity contribution in [2.75, 3.05) is 5.32 Å². The van der Waals surface area contributed by atoms with Gasteiger partial charge in [0, 0.05) is 11.8 Å². The number of hydrogen-bond acceptors (Lipinski definition) is 5. The predicted molar refractivity (Wildman–Crippen MR) is 117 cm³/mol. The number of ether oxygens (including phenoxy) is 1. The number of furan rings is 1. The molecular formula is C25H17NO5. The van der Waals surface area contributed by atoms with Crippen LogP contribution >= 0.6 is 0 Å². The van der Waals surface area contributed by atoms with Crippen molar-refractivity contribution in [1.29, 1.82) is 0 Å². The summed E-state index contributed by atoms with van der Waals surface area (Å²) in [5.41, 5.74) is 1.66. The van der Waals surface area contributed by atoms with E-state index in [0.29, 0.717) is 23.3 Å². The van der Waals surface area contributed by atoms with E-state index in [-0.39, 0.29) is 22.4 Å². The molecule has 0 aliphatic carbocycles. The summed E-state index contributed by atoms with van der Waals surface area (Å²) in [5.74, 6) is 0.315. The van der Waals surface area contributed by atoms with Crippen LogP contribution in [-0.2, 0) is 6.61 Å². The van der Waals surface area contributed by atoms with E-state index in [1.54, 1.807) is 30.3 Å². The number of carbonyl (C=O) groups is 1. The van der Waals surface area contributed by atoms with Gasteiger partial charge in [-0.25, -0.2) is 0 Å². The fraction of sp³-hybridized carbons (Fsp3) is 0.0400. The Hall–Kier alpha value is -4.32. The van der Waals surface area contributed by atoms with E-state index < -0.39 is 5.91 Å². The molecule has 5 aromatic rings. The molecule has 3 aromatic carbocycles. The van der Waals surface area contributed by atoms with Crippen LogP contribution in [0.25, 0.3) is 22.1 Å². The molecule has 2 heterocycles. The lowest BCUT2D eigenvalue weighted by atomic mass is 10.2. The zero-order chi connectivity index (χ0) is 21.2. The molecule has 0 fully saturated rings. The smallest absolute Gasteiger partial charge is 0.302 e. The summed E-state index contributed by atoms with van der Waals surface area (Å²) >= 11 is 0. The molecule has 0 saturated carbocycles. The second-order valence-corrected chi connectivity index (χ2v) is 7.00. The third-order valence-electron chi connectivity index (χ3n) is 4.83. The molecule has 31 heavy (non-hydrogen) atoms. The fourth-order valence-corrected chi connectivity index (χ4v) is 3.32. The number of fused-ring (bicyclic) bond motifs is 2.